The Hall–Kier alpha value is -1.76. The second-order valence-electron chi connectivity index (χ2n) is 5.47. The number of halogens is 3. The lowest BCUT2D eigenvalue weighted by Crippen LogP contribution is -2.20. The Morgan fingerprint density at radius 3 is 2.61 bits per heavy atom. The first kappa shape index (κ1) is 17.6. The third-order valence-corrected chi connectivity index (χ3v) is 4.09. The minimum Gasteiger partial charge on any atom is -0.469 e. The Balaban J connectivity index is 2.41. The van der Waals surface area contributed by atoms with Crippen LogP contribution in [0.25, 0.3) is 0 Å². The lowest BCUT2D eigenvalue weighted by Gasteiger charge is -2.22. The predicted molar refractivity (Wildman–Crippen MR) is 76.0 cm³/mol. The van der Waals surface area contributed by atoms with E-state index in [1.807, 2.05) is 0 Å². The van der Waals surface area contributed by atoms with Crippen LogP contribution in [-0.4, -0.2) is 27.0 Å². The smallest absolute Gasteiger partial charge is 0.416 e. The van der Waals surface area contributed by atoms with Gasteiger partial charge in [0.1, 0.15) is 5.75 Å². The molecule has 2 unspecified atom stereocenters. The van der Waals surface area contributed by atoms with Crippen molar-refractivity contribution in [1.82, 2.24) is 0 Å². The van der Waals surface area contributed by atoms with Crippen LogP contribution in [0.5, 0.6) is 5.75 Å². The highest BCUT2D eigenvalue weighted by atomic mass is 19.4. The molecule has 23 heavy (non-hydrogen) atoms. The van der Waals surface area contributed by atoms with Gasteiger partial charge in [-0.25, -0.2) is 0 Å². The molecule has 1 aliphatic carbocycles. The first-order chi connectivity index (χ1) is 10.9. The molecule has 1 aromatic rings. The van der Waals surface area contributed by atoms with E-state index in [0.717, 1.165) is 18.6 Å². The van der Waals surface area contributed by atoms with Crippen molar-refractivity contribution in [2.24, 2.45) is 5.92 Å². The lowest BCUT2D eigenvalue weighted by atomic mass is 9.87. The maximum Gasteiger partial charge on any atom is 0.416 e. The van der Waals surface area contributed by atoms with E-state index in [-0.39, 0.29) is 12.7 Å². The molecule has 0 bridgehead atoms. The Bertz CT molecular complexity index is 557. The van der Waals surface area contributed by atoms with Crippen LogP contribution < -0.4 is 4.74 Å². The highest BCUT2D eigenvalue weighted by molar-refractivity contribution is 5.74. The maximum absolute atomic E-state index is 13.0. The average Bonchev–Trinajstić information content (AvgIpc) is 3.00. The van der Waals surface area contributed by atoms with E-state index in [1.54, 1.807) is 0 Å². The van der Waals surface area contributed by atoms with Gasteiger partial charge in [0.15, 0.2) is 6.79 Å². The number of rotatable bonds is 5. The van der Waals surface area contributed by atoms with E-state index in [0.29, 0.717) is 24.2 Å². The fourth-order valence-electron chi connectivity index (χ4n) is 3.03. The summed E-state index contributed by atoms with van der Waals surface area (Å²) in [6, 6.07) is 3.32. The molecule has 0 aliphatic heterocycles. The highest BCUT2D eigenvalue weighted by Crippen LogP contribution is 2.45. The van der Waals surface area contributed by atoms with Crippen LogP contribution in [0.15, 0.2) is 18.2 Å². The zero-order valence-electron chi connectivity index (χ0n) is 13.0. The number of hydrogen-bond donors (Lipinski definition) is 0. The van der Waals surface area contributed by atoms with Gasteiger partial charge in [0, 0.05) is 13.0 Å². The molecule has 7 heteroatoms. The van der Waals surface area contributed by atoms with E-state index in [9.17, 15) is 18.0 Å². The second kappa shape index (κ2) is 7.21. The largest absolute Gasteiger partial charge is 0.469 e. The first-order valence-electron chi connectivity index (χ1n) is 7.29. The van der Waals surface area contributed by atoms with Gasteiger partial charge in [0.2, 0.25) is 0 Å². The SMILES string of the molecule is COCOc1ccc(C(F)(F)F)cc1C1CCCC1C(=O)OC. The summed E-state index contributed by atoms with van der Waals surface area (Å²) in [6.45, 7) is -0.0754. The van der Waals surface area contributed by atoms with Gasteiger partial charge < -0.3 is 14.2 Å². The average molecular weight is 332 g/mol. The van der Waals surface area contributed by atoms with Crippen molar-refractivity contribution in [2.45, 2.75) is 31.4 Å². The number of ether oxygens (including phenoxy) is 3. The number of benzene rings is 1. The van der Waals surface area contributed by atoms with Gasteiger partial charge in [0.05, 0.1) is 18.6 Å². The van der Waals surface area contributed by atoms with Crippen molar-refractivity contribution in [2.75, 3.05) is 21.0 Å². The van der Waals surface area contributed by atoms with Crippen molar-refractivity contribution in [3.8, 4) is 5.75 Å². The molecule has 4 nitrogen and oxygen atoms in total. The summed E-state index contributed by atoms with van der Waals surface area (Å²) in [5.74, 6) is -0.895. The summed E-state index contributed by atoms with van der Waals surface area (Å²) < 4.78 is 54.0. The van der Waals surface area contributed by atoms with Gasteiger partial charge in [-0.1, -0.05) is 6.42 Å². The predicted octanol–water partition coefficient (Wildman–Crippen LogP) is 3.74. The Labute approximate surface area is 132 Å². The molecular formula is C16H19F3O4. The summed E-state index contributed by atoms with van der Waals surface area (Å²) in [5.41, 5.74) is -0.377. The molecule has 0 spiro atoms. The Morgan fingerprint density at radius 2 is 2.00 bits per heavy atom. The van der Waals surface area contributed by atoms with E-state index < -0.39 is 23.6 Å². The molecule has 0 amide bonds. The summed E-state index contributed by atoms with van der Waals surface area (Å²) in [7, 11) is 2.71. The van der Waals surface area contributed by atoms with E-state index in [2.05, 4.69) is 0 Å². The Kier molecular flexibility index (Phi) is 5.51. The van der Waals surface area contributed by atoms with Crippen LogP contribution >= 0.6 is 0 Å². The fourth-order valence-corrected chi connectivity index (χ4v) is 3.03. The van der Waals surface area contributed by atoms with Crippen molar-refractivity contribution in [3.05, 3.63) is 29.3 Å². The molecule has 0 aromatic heterocycles. The quantitative estimate of drug-likeness (QED) is 0.608. The number of esters is 1. The van der Waals surface area contributed by atoms with Crippen LogP contribution in [0.2, 0.25) is 0 Å². The Morgan fingerprint density at radius 1 is 1.26 bits per heavy atom. The van der Waals surface area contributed by atoms with Crippen LogP contribution in [0.1, 0.15) is 36.3 Å². The standard InChI is InChI=1S/C16H19F3O4/c1-21-9-23-14-7-6-10(16(17,18)19)8-13(14)11-4-3-5-12(11)15(20)22-2/h6-8,11-12H,3-5,9H2,1-2H3. The van der Waals surface area contributed by atoms with Crippen molar-refractivity contribution in [1.29, 1.82) is 0 Å². The zero-order chi connectivity index (χ0) is 17.0. The number of carbonyl (C=O) groups excluding carboxylic acids is 1. The monoisotopic (exact) mass is 332 g/mol. The maximum atomic E-state index is 13.0. The summed E-state index contributed by atoms with van der Waals surface area (Å²) in [6.07, 6.45) is -2.49. The zero-order valence-corrected chi connectivity index (χ0v) is 13.0. The molecular weight excluding hydrogens is 313 g/mol. The van der Waals surface area contributed by atoms with Crippen LogP contribution in [0.4, 0.5) is 13.2 Å². The molecule has 0 saturated heterocycles. The van der Waals surface area contributed by atoms with Crippen LogP contribution in [-0.2, 0) is 20.4 Å². The van der Waals surface area contributed by atoms with E-state index in [1.165, 1.54) is 20.3 Å². The van der Waals surface area contributed by atoms with E-state index in [4.69, 9.17) is 14.2 Å². The van der Waals surface area contributed by atoms with Gasteiger partial charge in [0.25, 0.3) is 0 Å². The van der Waals surface area contributed by atoms with Crippen molar-refractivity contribution in [3.63, 3.8) is 0 Å². The van der Waals surface area contributed by atoms with E-state index >= 15 is 0 Å². The van der Waals surface area contributed by atoms with Crippen molar-refractivity contribution >= 4 is 5.97 Å². The molecule has 0 radical (unpaired) electrons. The normalized spacial score (nSPS) is 21.3. The molecule has 128 valence electrons. The van der Waals surface area contributed by atoms with Crippen LogP contribution in [0.3, 0.4) is 0 Å². The first-order valence-corrected chi connectivity index (χ1v) is 7.29. The number of alkyl halides is 3. The van der Waals surface area contributed by atoms with Crippen molar-refractivity contribution < 1.29 is 32.2 Å². The third kappa shape index (κ3) is 3.96. The molecule has 2 atom stereocenters. The molecule has 0 N–H and O–H groups in total. The molecule has 0 heterocycles. The summed E-state index contributed by atoms with van der Waals surface area (Å²) >= 11 is 0. The topological polar surface area (TPSA) is 44.8 Å². The molecule has 1 aromatic carbocycles. The molecule has 1 saturated carbocycles. The summed E-state index contributed by atoms with van der Waals surface area (Å²) in [5, 5.41) is 0. The second-order valence-corrected chi connectivity index (χ2v) is 5.47. The van der Waals surface area contributed by atoms with Gasteiger partial charge in [-0.05, 0) is 36.6 Å². The minimum absolute atomic E-state index is 0.0754. The number of hydrogen-bond acceptors (Lipinski definition) is 4. The van der Waals surface area contributed by atoms with Gasteiger partial charge in [-0.15, -0.1) is 0 Å². The molecule has 2 rings (SSSR count). The van der Waals surface area contributed by atoms with Gasteiger partial charge >= 0.3 is 12.1 Å². The van der Waals surface area contributed by atoms with Crippen LogP contribution in [0, 0.1) is 5.92 Å². The molecule has 1 fully saturated rings. The summed E-state index contributed by atoms with van der Waals surface area (Å²) in [4.78, 5) is 11.9. The number of methoxy groups -OCH3 is 2. The van der Waals surface area contributed by atoms with Gasteiger partial charge in [-0.3, -0.25) is 4.79 Å². The number of carbonyl (C=O) groups is 1. The van der Waals surface area contributed by atoms with Gasteiger partial charge in [-0.2, -0.15) is 13.2 Å². The fraction of sp³-hybridized carbons (Fsp3) is 0.562. The minimum atomic E-state index is -4.45. The molecule has 1 aliphatic rings. The highest BCUT2D eigenvalue weighted by Gasteiger charge is 2.38. The lowest BCUT2D eigenvalue weighted by molar-refractivity contribution is -0.145. The third-order valence-electron chi connectivity index (χ3n) is 4.09.